The van der Waals surface area contributed by atoms with E-state index in [1.807, 2.05) is 11.3 Å². The summed E-state index contributed by atoms with van der Waals surface area (Å²) >= 11 is 1.83. The molecule has 0 bridgehead atoms. The van der Waals surface area contributed by atoms with Crippen LogP contribution in [0.2, 0.25) is 0 Å². The Labute approximate surface area is 113 Å². The summed E-state index contributed by atoms with van der Waals surface area (Å²) in [5.41, 5.74) is 0. The lowest BCUT2D eigenvalue weighted by molar-refractivity contribution is 0.0114. The molecule has 0 amide bonds. The molecule has 1 fully saturated rings. The summed E-state index contributed by atoms with van der Waals surface area (Å²) in [5.74, 6) is 0. The third-order valence-electron chi connectivity index (χ3n) is 2.97. The topological polar surface area (TPSA) is 30.5 Å². The molecule has 102 valence electrons. The molecular formula is C14H23NO2S. The van der Waals surface area contributed by atoms with Crippen molar-refractivity contribution in [1.82, 2.24) is 5.32 Å². The van der Waals surface area contributed by atoms with Crippen molar-refractivity contribution in [2.24, 2.45) is 0 Å². The van der Waals surface area contributed by atoms with E-state index in [0.29, 0.717) is 18.8 Å². The molecule has 3 nitrogen and oxygen atoms in total. The van der Waals surface area contributed by atoms with E-state index in [-0.39, 0.29) is 0 Å². The number of ether oxygens (including phenoxy) is 2. The molecule has 1 aliphatic heterocycles. The van der Waals surface area contributed by atoms with Gasteiger partial charge in [-0.05, 0) is 25.0 Å². The van der Waals surface area contributed by atoms with Gasteiger partial charge in [-0.1, -0.05) is 13.8 Å². The van der Waals surface area contributed by atoms with Gasteiger partial charge in [-0.15, -0.1) is 11.3 Å². The Morgan fingerprint density at radius 3 is 3.00 bits per heavy atom. The van der Waals surface area contributed by atoms with Crippen LogP contribution in [0.4, 0.5) is 0 Å². The second-order valence-electron chi connectivity index (χ2n) is 5.05. The maximum atomic E-state index is 5.71. The molecule has 0 spiro atoms. The van der Waals surface area contributed by atoms with Gasteiger partial charge in [0.15, 0.2) is 0 Å². The summed E-state index contributed by atoms with van der Waals surface area (Å²) in [6.07, 6.45) is 2.65. The molecule has 1 aliphatic rings. The van der Waals surface area contributed by atoms with Crippen LogP contribution >= 0.6 is 11.3 Å². The van der Waals surface area contributed by atoms with E-state index >= 15 is 0 Å². The summed E-state index contributed by atoms with van der Waals surface area (Å²) in [6.45, 7) is 7.63. The first-order valence-corrected chi connectivity index (χ1v) is 7.56. The zero-order chi connectivity index (χ0) is 12.8. The highest BCUT2D eigenvalue weighted by Gasteiger charge is 2.15. The third-order valence-corrected chi connectivity index (χ3v) is 4.03. The number of nitrogens with one attached hydrogen (secondary N) is 1. The van der Waals surface area contributed by atoms with E-state index in [4.69, 9.17) is 9.47 Å². The zero-order valence-corrected chi connectivity index (χ0v) is 12.1. The highest BCUT2D eigenvalue weighted by atomic mass is 32.1. The van der Waals surface area contributed by atoms with E-state index in [9.17, 15) is 0 Å². The molecule has 0 aliphatic carbocycles. The highest BCUT2D eigenvalue weighted by Crippen LogP contribution is 2.18. The molecular weight excluding hydrogens is 246 g/mol. The summed E-state index contributed by atoms with van der Waals surface area (Å²) in [7, 11) is 0. The predicted octanol–water partition coefficient (Wildman–Crippen LogP) is 2.94. The van der Waals surface area contributed by atoms with Crippen molar-refractivity contribution in [2.45, 2.75) is 52.0 Å². The Bertz CT molecular complexity index is 345. The third kappa shape index (κ3) is 4.69. The monoisotopic (exact) mass is 269 g/mol. The fourth-order valence-corrected chi connectivity index (χ4v) is 2.87. The van der Waals surface area contributed by atoms with E-state index in [1.165, 1.54) is 16.2 Å². The van der Waals surface area contributed by atoms with Crippen LogP contribution in [0.5, 0.6) is 0 Å². The van der Waals surface area contributed by atoms with E-state index < -0.39 is 0 Å². The second kappa shape index (κ2) is 7.24. The average Bonchev–Trinajstić information content (AvgIpc) is 2.97. The van der Waals surface area contributed by atoms with Gasteiger partial charge in [0.25, 0.3) is 0 Å². The van der Waals surface area contributed by atoms with Gasteiger partial charge in [-0.2, -0.15) is 0 Å². The van der Waals surface area contributed by atoms with Crippen molar-refractivity contribution in [3.8, 4) is 0 Å². The van der Waals surface area contributed by atoms with Crippen LogP contribution in [0.1, 0.15) is 36.4 Å². The minimum atomic E-state index is 0.326. The van der Waals surface area contributed by atoms with Crippen LogP contribution in [-0.4, -0.2) is 25.4 Å². The molecule has 2 rings (SSSR count). The summed E-state index contributed by atoms with van der Waals surface area (Å²) in [6, 6.07) is 4.88. The van der Waals surface area contributed by atoms with Crippen molar-refractivity contribution in [3.05, 3.63) is 21.9 Å². The van der Waals surface area contributed by atoms with Crippen molar-refractivity contribution < 1.29 is 9.47 Å². The second-order valence-corrected chi connectivity index (χ2v) is 6.31. The first-order chi connectivity index (χ1) is 8.74. The van der Waals surface area contributed by atoms with Gasteiger partial charge in [-0.3, -0.25) is 0 Å². The minimum Gasteiger partial charge on any atom is -0.376 e. The Hall–Kier alpha value is -0.420. The Balaban J connectivity index is 1.66. The van der Waals surface area contributed by atoms with E-state index in [1.54, 1.807) is 0 Å². The fraction of sp³-hybridized carbons (Fsp3) is 0.714. The maximum absolute atomic E-state index is 5.71. The lowest BCUT2D eigenvalue weighted by Crippen LogP contribution is -2.21. The van der Waals surface area contributed by atoms with Crippen molar-refractivity contribution in [1.29, 1.82) is 0 Å². The lowest BCUT2D eigenvalue weighted by Gasteiger charge is -2.09. The number of thiophene rings is 1. The van der Waals surface area contributed by atoms with Crippen LogP contribution in [0.3, 0.4) is 0 Å². The molecule has 0 radical (unpaired) electrons. The first-order valence-electron chi connectivity index (χ1n) is 6.74. The van der Waals surface area contributed by atoms with Crippen LogP contribution < -0.4 is 5.32 Å². The molecule has 0 saturated carbocycles. The van der Waals surface area contributed by atoms with Gasteiger partial charge >= 0.3 is 0 Å². The van der Waals surface area contributed by atoms with Gasteiger partial charge in [0.1, 0.15) is 0 Å². The van der Waals surface area contributed by atoms with Crippen LogP contribution in [0, 0.1) is 0 Å². The fourth-order valence-electron chi connectivity index (χ4n) is 1.97. The molecule has 0 aromatic carbocycles. The molecule has 1 N–H and O–H groups in total. The molecule has 18 heavy (non-hydrogen) atoms. The highest BCUT2D eigenvalue weighted by molar-refractivity contribution is 7.11. The van der Waals surface area contributed by atoms with Gasteiger partial charge in [0.2, 0.25) is 0 Å². The molecule has 2 heterocycles. The summed E-state index contributed by atoms with van der Waals surface area (Å²) in [4.78, 5) is 2.67. The maximum Gasteiger partial charge on any atom is 0.0810 e. The van der Waals surface area contributed by atoms with Gasteiger partial charge in [0.05, 0.1) is 19.3 Å². The average molecular weight is 269 g/mol. The molecule has 1 aromatic rings. The van der Waals surface area contributed by atoms with Crippen molar-refractivity contribution in [2.75, 3.05) is 13.2 Å². The quantitative estimate of drug-likeness (QED) is 0.825. The molecule has 1 aromatic heterocycles. The van der Waals surface area contributed by atoms with Crippen molar-refractivity contribution in [3.63, 3.8) is 0 Å². The van der Waals surface area contributed by atoms with Crippen LogP contribution in [-0.2, 0) is 22.6 Å². The Kier molecular flexibility index (Phi) is 5.63. The smallest absolute Gasteiger partial charge is 0.0810 e. The number of hydrogen-bond donors (Lipinski definition) is 1. The largest absolute Gasteiger partial charge is 0.376 e. The molecule has 4 heteroatoms. The zero-order valence-electron chi connectivity index (χ0n) is 11.3. The molecule has 1 saturated heterocycles. The lowest BCUT2D eigenvalue weighted by atomic mass is 10.2. The van der Waals surface area contributed by atoms with E-state index in [0.717, 1.165) is 26.2 Å². The van der Waals surface area contributed by atoms with Gasteiger partial charge < -0.3 is 14.8 Å². The molecule has 1 atom stereocenters. The summed E-state index contributed by atoms with van der Waals surface area (Å²) in [5, 5.41) is 3.43. The summed E-state index contributed by atoms with van der Waals surface area (Å²) < 4.78 is 11.2. The Morgan fingerprint density at radius 1 is 1.44 bits per heavy atom. The van der Waals surface area contributed by atoms with Crippen molar-refractivity contribution >= 4 is 11.3 Å². The Morgan fingerprint density at radius 2 is 2.28 bits per heavy atom. The van der Waals surface area contributed by atoms with Crippen LogP contribution in [0.25, 0.3) is 0 Å². The minimum absolute atomic E-state index is 0.326. The van der Waals surface area contributed by atoms with Crippen LogP contribution in [0.15, 0.2) is 12.1 Å². The number of hydrogen-bond acceptors (Lipinski definition) is 4. The van der Waals surface area contributed by atoms with Gasteiger partial charge in [-0.25, -0.2) is 0 Å². The van der Waals surface area contributed by atoms with Gasteiger partial charge in [0, 0.05) is 28.9 Å². The molecule has 1 unspecified atom stereocenters. The first kappa shape index (κ1) is 14.0. The standard InChI is InChI=1S/C14H23NO2S/c1-11(2)15-8-13-5-6-14(18-13)10-16-9-12-4-3-7-17-12/h5-6,11-12,15H,3-4,7-10H2,1-2H3. The normalized spacial score (nSPS) is 19.8. The predicted molar refractivity (Wildman–Crippen MR) is 74.9 cm³/mol. The number of rotatable bonds is 7. The SMILES string of the molecule is CC(C)NCc1ccc(COCC2CCCO2)s1. The van der Waals surface area contributed by atoms with E-state index in [2.05, 4.69) is 31.3 Å².